The molecule has 1 aromatic heterocycles. The van der Waals surface area contributed by atoms with Gasteiger partial charge in [0.05, 0.1) is 13.5 Å². The van der Waals surface area contributed by atoms with E-state index >= 15 is 0 Å². The van der Waals surface area contributed by atoms with E-state index in [1.165, 1.54) is 24.1 Å². The summed E-state index contributed by atoms with van der Waals surface area (Å²) in [5.41, 5.74) is 2.50. The second-order valence-electron chi connectivity index (χ2n) is 7.25. The molecule has 1 amide bonds. The van der Waals surface area contributed by atoms with Gasteiger partial charge in [0.2, 0.25) is 11.8 Å². The molecule has 0 fully saturated rings. The van der Waals surface area contributed by atoms with Crippen molar-refractivity contribution in [2.75, 3.05) is 20.8 Å². The van der Waals surface area contributed by atoms with Gasteiger partial charge in [-0.05, 0) is 36.8 Å². The molecule has 168 valence electrons. The van der Waals surface area contributed by atoms with Crippen molar-refractivity contribution in [2.24, 2.45) is 0 Å². The maximum atomic E-state index is 13.8. The Labute approximate surface area is 185 Å². The number of carbonyl (C=O) groups excluding carboxylic acids is 2. The van der Waals surface area contributed by atoms with E-state index < -0.39 is 24.3 Å². The van der Waals surface area contributed by atoms with E-state index in [1.54, 1.807) is 13.1 Å². The number of nitrogens with zero attached hydrogens (tertiary/aromatic N) is 3. The topological polar surface area (TPSA) is 94.8 Å². The van der Waals surface area contributed by atoms with Gasteiger partial charge in [-0.3, -0.25) is 9.59 Å². The van der Waals surface area contributed by atoms with Crippen molar-refractivity contribution in [1.82, 2.24) is 15.1 Å². The number of carbonyl (C=O) groups is 2. The predicted octanol–water partition coefficient (Wildman–Crippen LogP) is 3.33. The number of amides is 1. The number of hydrogen-bond acceptors (Lipinski definition) is 7. The Morgan fingerprint density at radius 1 is 1.12 bits per heavy atom. The summed E-state index contributed by atoms with van der Waals surface area (Å²) in [6.45, 7) is 1.74. The fourth-order valence-electron chi connectivity index (χ4n) is 2.87. The minimum absolute atomic E-state index is 0.00375. The Morgan fingerprint density at radius 3 is 2.56 bits per heavy atom. The molecule has 2 aromatic carbocycles. The number of esters is 1. The highest BCUT2D eigenvalue weighted by molar-refractivity contribution is 5.80. The van der Waals surface area contributed by atoms with Gasteiger partial charge in [-0.25, -0.2) is 4.39 Å². The SMILES string of the molecule is COc1ccc(CN(C)C(=O)COC(=O)CCc2nnc(-c3ccc(C)cc3)o2)cc1F. The number of rotatable bonds is 9. The lowest BCUT2D eigenvalue weighted by Crippen LogP contribution is -2.30. The Bertz CT molecular complexity index is 1080. The van der Waals surface area contributed by atoms with Crippen molar-refractivity contribution in [3.05, 3.63) is 65.3 Å². The van der Waals surface area contributed by atoms with Crippen molar-refractivity contribution in [2.45, 2.75) is 26.3 Å². The zero-order valence-corrected chi connectivity index (χ0v) is 18.1. The van der Waals surface area contributed by atoms with Gasteiger partial charge in [0.15, 0.2) is 18.2 Å². The van der Waals surface area contributed by atoms with Gasteiger partial charge in [-0.2, -0.15) is 0 Å². The van der Waals surface area contributed by atoms with Gasteiger partial charge in [0.25, 0.3) is 5.91 Å². The first kappa shape index (κ1) is 22.9. The molecule has 3 aromatic rings. The van der Waals surface area contributed by atoms with Crippen molar-refractivity contribution in [3.63, 3.8) is 0 Å². The molecule has 3 rings (SSSR count). The highest BCUT2D eigenvalue weighted by atomic mass is 19.1. The lowest BCUT2D eigenvalue weighted by atomic mass is 10.1. The first-order chi connectivity index (χ1) is 15.4. The highest BCUT2D eigenvalue weighted by Crippen LogP contribution is 2.19. The summed E-state index contributed by atoms with van der Waals surface area (Å²) in [6.07, 6.45) is 0.197. The number of aromatic nitrogens is 2. The summed E-state index contributed by atoms with van der Waals surface area (Å²) < 4.78 is 29.3. The van der Waals surface area contributed by atoms with Crippen LogP contribution in [0.1, 0.15) is 23.4 Å². The Balaban J connectivity index is 1.43. The second-order valence-corrected chi connectivity index (χ2v) is 7.25. The van der Waals surface area contributed by atoms with Crippen molar-refractivity contribution >= 4 is 11.9 Å². The number of halogens is 1. The second kappa shape index (κ2) is 10.5. The highest BCUT2D eigenvalue weighted by Gasteiger charge is 2.15. The Morgan fingerprint density at radius 2 is 1.88 bits per heavy atom. The summed E-state index contributed by atoms with van der Waals surface area (Å²) in [4.78, 5) is 25.5. The molecule has 8 nitrogen and oxygen atoms in total. The zero-order valence-electron chi connectivity index (χ0n) is 18.1. The monoisotopic (exact) mass is 441 g/mol. The molecule has 1 heterocycles. The molecular formula is C23H24FN3O5. The van der Waals surface area contributed by atoms with Crippen LogP contribution in [0, 0.1) is 12.7 Å². The summed E-state index contributed by atoms with van der Waals surface area (Å²) in [5, 5.41) is 7.92. The van der Waals surface area contributed by atoms with Gasteiger partial charge in [0, 0.05) is 25.6 Å². The van der Waals surface area contributed by atoms with Crippen LogP contribution in [0.15, 0.2) is 46.9 Å². The molecule has 9 heteroatoms. The third-order valence-corrected chi connectivity index (χ3v) is 4.73. The molecule has 0 spiro atoms. The van der Waals surface area contributed by atoms with E-state index in [0.29, 0.717) is 17.3 Å². The average molecular weight is 441 g/mol. The van der Waals surface area contributed by atoms with Crippen LogP contribution in [-0.4, -0.2) is 47.7 Å². The van der Waals surface area contributed by atoms with Crippen molar-refractivity contribution in [1.29, 1.82) is 0 Å². The van der Waals surface area contributed by atoms with Gasteiger partial charge >= 0.3 is 5.97 Å². The largest absolute Gasteiger partial charge is 0.494 e. The van der Waals surface area contributed by atoms with E-state index in [1.807, 2.05) is 31.2 Å². The number of ether oxygens (including phenoxy) is 2. The fraction of sp³-hybridized carbons (Fsp3) is 0.304. The molecule has 0 aliphatic carbocycles. The standard InChI is InChI=1S/C23H24FN3O5/c1-15-4-7-17(8-5-15)23-26-25-20(32-23)10-11-22(29)31-14-21(28)27(2)13-16-6-9-19(30-3)18(24)12-16/h4-9,12H,10-11,13-14H2,1-3H3. The summed E-state index contributed by atoms with van der Waals surface area (Å²) in [6, 6.07) is 12.1. The third kappa shape index (κ3) is 6.13. The van der Waals surface area contributed by atoms with E-state index in [9.17, 15) is 14.0 Å². The molecule has 0 radical (unpaired) electrons. The molecule has 0 aliphatic heterocycles. The van der Waals surface area contributed by atoms with Crippen LogP contribution in [0.25, 0.3) is 11.5 Å². The van der Waals surface area contributed by atoms with Crippen molar-refractivity contribution < 1.29 is 27.9 Å². The lowest BCUT2D eigenvalue weighted by Gasteiger charge is -2.17. The maximum Gasteiger partial charge on any atom is 0.306 e. The fourth-order valence-corrected chi connectivity index (χ4v) is 2.87. The van der Waals surface area contributed by atoms with Crippen LogP contribution in [-0.2, 0) is 27.3 Å². The number of hydrogen-bond donors (Lipinski definition) is 0. The molecule has 0 saturated heterocycles. The normalized spacial score (nSPS) is 10.6. The molecular weight excluding hydrogens is 417 g/mol. The number of likely N-dealkylation sites (N-methyl/N-ethyl adjacent to an activating group) is 1. The minimum atomic E-state index is -0.558. The molecule has 0 N–H and O–H groups in total. The van der Waals surface area contributed by atoms with Gasteiger partial charge in [0.1, 0.15) is 0 Å². The quantitative estimate of drug-likeness (QED) is 0.470. The number of aryl methyl sites for hydroxylation is 2. The number of methoxy groups -OCH3 is 1. The third-order valence-electron chi connectivity index (χ3n) is 4.73. The molecule has 0 aliphatic rings. The summed E-state index contributed by atoms with van der Waals surface area (Å²) in [7, 11) is 2.92. The van der Waals surface area contributed by atoms with E-state index in [4.69, 9.17) is 13.9 Å². The number of benzene rings is 2. The molecule has 0 bridgehead atoms. The van der Waals surface area contributed by atoms with Crippen LogP contribution in [0.3, 0.4) is 0 Å². The van der Waals surface area contributed by atoms with E-state index in [2.05, 4.69) is 10.2 Å². The van der Waals surface area contributed by atoms with Crippen LogP contribution in [0.2, 0.25) is 0 Å². The van der Waals surface area contributed by atoms with Crippen LogP contribution < -0.4 is 4.74 Å². The predicted molar refractivity (Wildman–Crippen MR) is 113 cm³/mol. The smallest absolute Gasteiger partial charge is 0.306 e. The Kier molecular flexibility index (Phi) is 7.54. The van der Waals surface area contributed by atoms with Crippen LogP contribution in [0.5, 0.6) is 5.75 Å². The lowest BCUT2D eigenvalue weighted by molar-refractivity contribution is -0.151. The van der Waals surface area contributed by atoms with Gasteiger partial charge < -0.3 is 18.8 Å². The molecule has 0 atom stereocenters. The van der Waals surface area contributed by atoms with Gasteiger partial charge in [-0.1, -0.05) is 23.8 Å². The first-order valence-corrected chi connectivity index (χ1v) is 9.97. The Hall–Kier alpha value is -3.75. The molecule has 32 heavy (non-hydrogen) atoms. The minimum Gasteiger partial charge on any atom is -0.494 e. The summed E-state index contributed by atoms with van der Waals surface area (Å²) in [5.74, 6) is -0.665. The van der Waals surface area contributed by atoms with Crippen LogP contribution >= 0.6 is 0 Å². The van der Waals surface area contributed by atoms with E-state index in [0.717, 1.165) is 11.1 Å². The molecule has 0 unspecified atom stereocenters. The molecule has 0 saturated carbocycles. The van der Waals surface area contributed by atoms with Crippen LogP contribution in [0.4, 0.5) is 4.39 Å². The maximum absolute atomic E-state index is 13.8. The average Bonchev–Trinajstić information content (AvgIpc) is 3.25. The van der Waals surface area contributed by atoms with Crippen molar-refractivity contribution in [3.8, 4) is 17.2 Å². The first-order valence-electron chi connectivity index (χ1n) is 9.97. The zero-order chi connectivity index (χ0) is 23.1. The van der Waals surface area contributed by atoms with E-state index in [-0.39, 0.29) is 25.1 Å². The summed E-state index contributed by atoms with van der Waals surface area (Å²) >= 11 is 0. The van der Waals surface area contributed by atoms with Gasteiger partial charge in [-0.15, -0.1) is 10.2 Å².